The van der Waals surface area contributed by atoms with Crippen molar-refractivity contribution in [1.82, 2.24) is 0 Å². The molecule has 0 saturated heterocycles. The van der Waals surface area contributed by atoms with Gasteiger partial charge in [-0.05, 0) is 73.0 Å². The zero-order chi connectivity index (χ0) is 21.7. The first kappa shape index (κ1) is 21.4. The average Bonchev–Trinajstić information content (AvgIpc) is 3.03. The van der Waals surface area contributed by atoms with Gasteiger partial charge >= 0.3 is 11.9 Å². The molecule has 2 fully saturated rings. The van der Waals surface area contributed by atoms with Crippen molar-refractivity contribution in [2.45, 2.75) is 78.7 Å². The Morgan fingerprint density at radius 1 is 1.13 bits per heavy atom. The van der Waals surface area contributed by atoms with E-state index in [1.807, 2.05) is 6.08 Å². The first-order chi connectivity index (χ1) is 14.1. The number of aliphatic carboxylic acids is 1. The summed E-state index contributed by atoms with van der Waals surface area (Å²) in [4.78, 5) is 22.4. The Labute approximate surface area is 180 Å². The Morgan fingerprint density at radius 3 is 2.57 bits per heavy atom. The van der Waals surface area contributed by atoms with E-state index in [1.165, 1.54) is 37.0 Å². The number of allylic oxidation sites excluding steroid dienone is 4. The van der Waals surface area contributed by atoms with Gasteiger partial charge in [-0.1, -0.05) is 50.1 Å². The lowest BCUT2D eigenvalue weighted by molar-refractivity contribution is -0.148. The van der Waals surface area contributed by atoms with Gasteiger partial charge in [-0.2, -0.15) is 0 Å². The third kappa shape index (κ3) is 3.46. The normalized spacial score (nSPS) is 41.2. The minimum atomic E-state index is -0.868. The Morgan fingerprint density at radius 2 is 1.87 bits per heavy atom. The molecule has 164 valence electrons. The van der Waals surface area contributed by atoms with Crippen LogP contribution in [0.3, 0.4) is 0 Å². The van der Waals surface area contributed by atoms with Crippen LogP contribution in [-0.2, 0) is 14.3 Å². The number of carboxylic acid groups (broad SMARTS) is 1. The summed E-state index contributed by atoms with van der Waals surface area (Å²) in [6.45, 7) is 8.54. The number of carbonyl (C=O) groups is 2. The number of rotatable bonds is 4. The zero-order valence-electron chi connectivity index (χ0n) is 18.8. The molecule has 4 heteroatoms. The fourth-order valence-corrected chi connectivity index (χ4v) is 7.60. The Kier molecular flexibility index (Phi) is 5.48. The minimum Gasteiger partial charge on any atom is -0.478 e. The lowest BCUT2D eigenvalue weighted by atomic mass is 9.47. The SMILES string of the molecule is CC(=O)O[C@H]1CC[C@@]2(C)C(=CC[C@@H]3[C@@H]2CC[C@]2(C)C([C@H](C)/C=C/C(=O)O)=CC[C@@H]32)C1. The van der Waals surface area contributed by atoms with Gasteiger partial charge in [0.1, 0.15) is 6.10 Å². The topological polar surface area (TPSA) is 63.6 Å². The van der Waals surface area contributed by atoms with Gasteiger partial charge in [0.05, 0.1) is 0 Å². The molecule has 0 amide bonds. The third-order valence-corrected chi connectivity index (χ3v) is 9.05. The van der Waals surface area contributed by atoms with E-state index in [2.05, 4.69) is 32.9 Å². The number of hydrogen-bond donors (Lipinski definition) is 1. The second kappa shape index (κ2) is 7.69. The fraction of sp³-hybridized carbons (Fsp3) is 0.692. The monoisotopic (exact) mass is 412 g/mol. The largest absolute Gasteiger partial charge is 0.478 e. The molecule has 0 heterocycles. The molecule has 2 saturated carbocycles. The molecule has 0 aromatic carbocycles. The predicted molar refractivity (Wildman–Crippen MR) is 117 cm³/mol. The number of esters is 1. The van der Waals surface area contributed by atoms with Gasteiger partial charge in [-0.15, -0.1) is 0 Å². The highest BCUT2D eigenvalue weighted by atomic mass is 16.5. The van der Waals surface area contributed by atoms with Crippen molar-refractivity contribution < 1.29 is 19.4 Å². The molecule has 4 rings (SSSR count). The molecule has 0 bridgehead atoms. The van der Waals surface area contributed by atoms with Crippen LogP contribution in [-0.4, -0.2) is 23.1 Å². The summed E-state index contributed by atoms with van der Waals surface area (Å²) < 4.78 is 5.55. The molecule has 0 aliphatic heterocycles. The highest BCUT2D eigenvalue weighted by Crippen LogP contribution is 2.65. The van der Waals surface area contributed by atoms with Crippen molar-refractivity contribution in [3.63, 3.8) is 0 Å². The van der Waals surface area contributed by atoms with E-state index in [0.29, 0.717) is 17.8 Å². The van der Waals surface area contributed by atoms with E-state index in [4.69, 9.17) is 9.84 Å². The van der Waals surface area contributed by atoms with E-state index in [-0.39, 0.29) is 28.8 Å². The highest BCUT2D eigenvalue weighted by molar-refractivity contribution is 5.79. The van der Waals surface area contributed by atoms with Gasteiger partial charge in [0.25, 0.3) is 0 Å². The predicted octanol–water partition coefficient (Wildman–Crippen LogP) is 5.69. The summed E-state index contributed by atoms with van der Waals surface area (Å²) >= 11 is 0. The van der Waals surface area contributed by atoms with Gasteiger partial charge in [-0.25, -0.2) is 4.79 Å². The van der Waals surface area contributed by atoms with Gasteiger partial charge in [0, 0.05) is 19.4 Å². The van der Waals surface area contributed by atoms with Gasteiger partial charge in [0.15, 0.2) is 0 Å². The molecule has 0 spiro atoms. The lowest BCUT2D eigenvalue weighted by Gasteiger charge is -2.58. The van der Waals surface area contributed by atoms with Crippen molar-refractivity contribution in [2.24, 2.45) is 34.5 Å². The molecule has 0 unspecified atom stereocenters. The van der Waals surface area contributed by atoms with E-state index in [9.17, 15) is 9.59 Å². The molecule has 4 aliphatic rings. The number of carboxylic acids is 1. The Hall–Kier alpha value is -1.84. The van der Waals surface area contributed by atoms with Gasteiger partial charge in [0.2, 0.25) is 0 Å². The minimum absolute atomic E-state index is 0.0499. The third-order valence-electron chi connectivity index (χ3n) is 9.05. The summed E-state index contributed by atoms with van der Waals surface area (Å²) in [6, 6.07) is 0. The molecule has 1 N–H and O–H groups in total. The first-order valence-electron chi connectivity index (χ1n) is 11.6. The van der Waals surface area contributed by atoms with Gasteiger partial charge < -0.3 is 9.84 Å². The molecule has 0 aromatic heterocycles. The summed E-state index contributed by atoms with van der Waals surface area (Å²) in [6.07, 6.45) is 15.8. The van der Waals surface area contributed by atoms with Crippen LogP contribution < -0.4 is 0 Å². The van der Waals surface area contributed by atoms with E-state index in [1.54, 1.807) is 0 Å². The van der Waals surface area contributed by atoms with Crippen molar-refractivity contribution in [1.29, 1.82) is 0 Å². The number of carbonyl (C=O) groups excluding carboxylic acids is 1. The van der Waals surface area contributed by atoms with Crippen LogP contribution in [0.2, 0.25) is 0 Å². The molecular weight excluding hydrogens is 376 g/mol. The first-order valence-corrected chi connectivity index (χ1v) is 11.6. The smallest absolute Gasteiger partial charge is 0.327 e. The van der Waals surface area contributed by atoms with Crippen LogP contribution >= 0.6 is 0 Å². The number of hydrogen-bond acceptors (Lipinski definition) is 3. The quantitative estimate of drug-likeness (QED) is 0.366. The summed E-state index contributed by atoms with van der Waals surface area (Å²) in [7, 11) is 0. The maximum atomic E-state index is 11.4. The molecule has 4 nitrogen and oxygen atoms in total. The van der Waals surface area contributed by atoms with Crippen LogP contribution in [0.5, 0.6) is 0 Å². The van der Waals surface area contributed by atoms with E-state index in [0.717, 1.165) is 32.1 Å². The van der Waals surface area contributed by atoms with E-state index >= 15 is 0 Å². The van der Waals surface area contributed by atoms with Crippen LogP contribution in [0, 0.1) is 34.5 Å². The van der Waals surface area contributed by atoms with Crippen molar-refractivity contribution >= 4 is 11.9 Å². The van der Waals surface area contributed by atoms with Crippen LogP contribution in [0.15, 0.2) is 35.5 Å². The molecule has 0 radical (unpaired) electrons. The highest BCUT2D eigenvalue weighted by Gasteiger charge is 2.57. The number of fused-ring (bicyclic) bond motifs is 5. The van der Waals surface area contributed by atoms with Crippen molar-refractivity contribution in [2.75, 3.05) is 0 Å². The zero-order valence-corrected chi connectivity index (χ0v) is 18.8. The lowest BCUT2D eigenvalue weighted by Crippen LogP contribution is -2.50. The van der Waals surface area contributed by atoms with E-state index < -0.39 is 5.97 Å². The second-order valence-corrected chi connectivity index (χ2v) is 10.6. The average molecular weight is 413 g/mol. The van der Waals surface area contributed by atoms with Crippen LogP contribution in [0.25, 0.3) is 0 Å². The second-order valence-electron chi connectivity index (χ2n) is 10.6. The Balaban J connectivity index is 1.54. The molecular formula is C26H36O4. The number of ether oxygens (including phenoxy) is 1. The molecule has 7 atom stereocenters. The summed E-state index contributed by atoms with van der Waals surface area (Å²) in [5.74, 6) is 1.18. The molecule has 0 aromatic rings. The van der Waals surface area contributed by atoms with Crippen LogP contribution in [0.4, 0.5) is 0 Å². The molecule has 30 heavy (non-hydrogen) atoms. The van der Waals surface area contributed by atoms with Crippen LogP contribution in [0.1, 0.15) is 72.6 Å². The standard InChI is InChI=1S/C26H36O4/c1-16(5-10-24(28)29)21-8-9-22-20-7-6-18-15-19(30-17(2)27)11-13-25(18,3)23(20)12-14-26(21,22)4/h5-6,8,10,16,19-20,22-23H,7,9,11-15H2,1-4H3,(H,28,29)/b10-5+/t16-,19+,20+,22+,23+,25+,26-/m1/s1. The Bertz CT molecular complexity index is 821. The maximum Gasteiger partial charge on any atom is 0.327 e. The summed E-state index contributed by atoms with van der Waals surface area (Å²) in [5, 5.41) is 9.02. The van der Waals surface area contributed by atoms with Gasteiger partial charge in [-0.3, -0.25) is 4.79 Å². The molecule has 4 aliphatic carbocycles. The van der Waals surface area contributed by atoms with Crippen molar-refractivity contribution in [3.8, 4) is 0 Å². The maximum absolute atomic E-state index is 11.4. The summed E-state index contributed by atoms with van der Waals surface area (Å²) in [5.41, 5.74) is 3.38. The van der Waals surface area contributed by atoms with Crippen molar-refractivity contribution in [3.05, 3.63) is 35.5 Å². The fourth-order valence-electron chi connectivity index (χ4n) is 7.60.